The van der Waals surface area contributed by atoms with Crippen LogP contribution >= 0.6 is 0 Å². The van der Waals surface area contributed by atoms with Crippen LogP contribution in [0.1, 0.15) is 85.5 Å². The lowest BCUT2D eigenvalue weighted by Gasteiger charge is -2.64. The van der Waals surface area contributed by atoms with Crippen LogP contribution in [0.2, 0.25) is 0 Å². The van der Waals surface area contributed by atoms with Gasteiger partial charge in [0.25, 0.3) is 0 Å². The molecule has 0 aromatic carbocycles. The topological polar surface area (TPSA) is 72.5 Å². The second-order valence-electron chi connectivity index (χ2n) is 11.4. The number of carbonyl (C=O) groups excluding carboxylic acids is 3. The summed E-state index contributed by atoms with van der Waals surface area (Å²) in [5.74, 6) is 0.887. The molecule has 5 nitrogen and oxygen atoms in total. The Morgan fingerprint density at radius 3 is 2.45 bits per heavy atom. The fraction of sp³-hybridized carbons (Fsp3) is 0.875. The smallest absolute Gasteiger partial charge is 0.328 e. The molecule has 29 heavy (non-hydrogen) atoms. The Kier molecular flexibility index (Phi) is 4.71. The van der Waals surface area contributed by atoms with E-state index in [0.29, 0.717) is 17.6 Å². The molecule has 0 unspecified atom stereocenters. The molecule has 0 aliphatic heterocycles. The molecular formula is C24H37NO4. The molecule has 2 bridgehead atoms. The number of Topliss-reactive ketones (excluding diaryl/α,β-unsaturated/α-hetero) is 1. The normalized spacial score (nSPS) is 47.0. The minimum Gasteiger partial charge on any atom is -0.467 e. The lowest BCUT2D eigenvalue weighted by molar-refractivity contribution is -0.171. The third-order valence-corrected chi connectivity index (χ3v) is 9.78. The van der Waals surface area contributed by atoms with Crippen LogP contribution in [0, 0.1) is 33.5 Å². The molecule has 4 rings (SSSR count). The van der Waals surface area contributed by atoms with Crippen LogP contribution in [0.25, 0.3) is 0 Å². The van der Waals surface area contributed by atoms with E-state index in [9.17, 15) is 14.4 Å². The van der Waals surface area contributed by atoms with Crippen LogP contribution in [0.5, 0.6) is 0 Å². The van der Waals surface area contributed by atoms with Crippen molar-refractivity contribution >= 4 is 17.7 Å². The summed E-state index contributed by atoms with van der Waals surface area (Å²) in [6.07, 6.45) is 9.03. The van der Waals surface area contributed by atoms with Gasteiger partial charge in [0.15, 0.2) is 0 Å². The van der Waals surface area contributed by atoms with Crippen molar-refractivity contribution in [1.82, 2.24) is 5.32 Å². The van der Waals surface area contributed by atoms with Gasteiger partial charge in [0.2, 0.25) is 5.91 Å². The van der Waals surface area contributed by atoms with Crippen LogP contribution < -0.4 is 5.32 Å². The zero-order valence-electron chi connectivity index (χ0n) is 18.7. The van der Waals surface area contributed by atoms with Crippen molar-refractivity contribution in [3.05, 3.63) is 0 Å². The second-order valence-corrected chi connectivity index (χ2v) is 11.4. The number of carbonyl (C=O) groups is 3. The molecule has 4 fully saturated rings. The average Bonchev–Trinajstić information content (AvgIpc) is 2.84. The fourth-order valence-electron chi connectivity index (χ4n) is 8.37. The van der Waals surface area contributed by atoms with Gasteiger partial charge in [-0.25, -0.2) is 4.79 Å². The quantitative estimate of drug-likeness (QED) is 0.722. The maximum absolute atomic E-state index is 13.4. The number of hydrogen-bond donors (Lipinski definition) is 1. The molecule has 162 valence electrons. The van der Waals surface area contributed by atoms with Gasteiger partial charge in [0.1, 0.15) is 11.8 Å². The third-order valence-electron chi connectivity index (χ3n) is 9.78. The zero-order valence-corrected chi connectivity index (χ0v) is 18.7. The van der Waals surface area contributed by atoms with Crippen molar-refractivity contribution in [3.8, 4) is 0 Å². The van der Waals surface area contributed by atoms with Crippen molar-refractivity contribution in [2.75, 3.05) is 7.11 Å². The number of methoxy groups -OCH3 is 1. The van der Waals surface area contributed by atoms with Crippen molar-refractivity contribution in [3.63, 3.8) is 0 Å². The zero-order chi connectivity index (χ0) is 21.2. The summed E-state index contributed by atoms with van der Waals surface area (Å²) >= 11 is 0. The number of hydrogen-bond acceptors (Lipinski definition) is 4. The standard InChI is InChI=1S/C24H37NO4/c1-15(19(27)29-5)25-20(28)23(4)10-6-9-22(3)16(23)8-12-24-13-18(26)21(2,14-24)11-7-17(22)24/h15-17H,6-14H2,1-5H3,(H,25,28)/t15-,16-,17-,21-,22+,23+,24-/m0/s1. The summed E-state index contributed by atoms with van der Waals surface area (Å²) in [5, 5.41) is 2.94. The Morgan fingerprint density at radius 1 is 1.07 bits per heavy atom. The molecule has 5 heteroatoms. The summed E-state index contributed by atoms with van der Waals surface area (Å²) < 4.78 is 4.80. The van der Waals surface area contributed by atoms with Crippen LogP contribution in [0.15, 0.2) is 0 Å². The van der Waals surface area contributed by atoms with E-state index in [0.717, 1.165) is 57.8 Å². The first-order valence-electron chi connectivity index (χ1n) is 11.4. The van der Waals surface area contributed by atoms with E-state index in [1.165, 1.54) is 7.11 Å². The van der Waals surface area contributed by atoms with E-state index >= 15 is 0 Å². The predicted octanol–water partition coefficient (Wildman–Crippen LogP) is 4.04. The second kappa shape index (κ2) is 6.55. The monoisotopic (exact) mass is 403 g/mol. The molecule has 0 heterocycles. The molecule has 4 aliphatic rings. The van der Waals surface area contributed by atoms with E-state index in [1.807, 2.05) is 0 Å². The van der Waals surface area contributed by atoms with Crippen molar-refractivity contribution < 1.29 is 19.1 Å². The molecule has 1 N–H and O–H groups in total. The summed E-state index contributed by atoms with van der Waals surface area (Å²) in [6, 6.07) is -0.629. The lowest BCUT2D eigenvalue weighted by atomic mass is 9.40. The highest BCUT2D eigenvalue weighted by Crippen LogP contribution is 2.72. The highest BCUT2D eigenvalue weighted by Gasteiger charge is 2.68. The molecule has 0 saturated heterocycles. The van der Waals surface area contributed by atoms with Gasteiger partial charge >= 0.3 is 5.97 Å². The van der Waals surface area contributed by atoms with Gasteiger partial charge in [0, 0.05) is 17.3 Å². The molecule has 4 saturated carbocycles. The Hall–Kier alpha value is -1.39. The van der Waals surface area contributed by atoms with Gasteiger partial charge in [-0.2, -0.15) is 0 Å². The first-order chi connectivity index (χ1) is 13.5. The van der Waals surface area contributed by atoms with E-state index in [1.54, 1.807) is 6.92 Å². The molecule has 0 aromatic rings. The van der Waals surface area contributed by atoms with Gasteiger partial charge in [-0.3, -0.25) is 9.59 Å². The largest absolute Gasteiger partial charge is 0.467 e. The average molecular weight is 404 g/mol. The number of esters is 1. The first-order valence-corrected chi connectivity index (χ1v) is 11.4. The first kappa shape index (κ1) is 20.9. The van der Waals surface area contributed by atoms with E-state index < -0.39 is 17.4 Å². The van der Waals surface area contributed by atoms with Crippen LogP contribution in [-0.2, 0) is 19.1 Å². The molecule has 0 aromatic heterocycles. The molecule has 7 atom stereocenters. The summed E-state index contributed by atoms with van der Waals surface area (Å²) in [5.41, 5.74) is -0.336. The van der Waals surface area contributed by atoms with E-state index in [4.69, 9.17) is 4.74 Å². The summed E-state index contributed by atoms with van der Waals surface area (Å²) in [6.45, 7) is 8.39. The van der Waals surface area contributed by atoms with Gasteiger partial charge < -0.3 is 10.1 Å². The van der Waals surface area contributed by atoms with Crippen LogP contribution in [0.4, 0.5) is 0 Å². The minimum absolute atomic E-state index is 0.00887. The number of ether oxygens (including phenoxy) is 1. The maximum Gasteiger partial charge on any atom is 0.328 e. The third kappa shape index (κ3) is 2.82. The van der Waals surface area contributed by atoms with Crippen molar-refractivity contribution in [2.24, 2.45) is 33.5 Å². The summed E-state index contributed by atoms with van der Waals surface area (Å²) in [4.78, 5) is 38.1. The molecule has 4 aliphatic carbocycles. The number of rotatable bonds is 3. The fourth-order valence-corrected chi connectivity index (χ4v) is 8.37. The number of fused-ring (bicyclic) bond motifs is 3. The highest BCUT2D eigenvalue weighted by molar-refractivity contribution is 5.89. The molecule has 1 spiro atoms. The van der Waals surface area contributed by atoms with Crippen molar-refractivity contribution in [2.45, 2.75) is 91.5 Å². The molecule has 1 amide bonds. The van der Waals surface area contributed by atoms with E-state index in [2.05, 4.69) is 26.1 Å². The Balaban J connectivity index is 1.62. The Labute approximate surface area is 174 Å². The molecular weight excluding hydrogens is 366 g/mol. The van der Waals surface area contributed by atoms with Gasteiger partial charge in [0.05, 0.1) is 7.11 Å². The van der Waals surface area contributed by atoms with Gasteiger partial charge in [-0.15, -0.1) is 0 Å². The Morgan fingerprint density at radius 2 is 1.76 bits per heavy atom. The predicted molar refractivity (Wildman–Crippen MR) is 110 cm³/mol. The van der Waals surface area contributed by atoms with Crippen LogP contribution in [-0.4, -0.2) is 30.8 Å². The number of nitrogens with one attached hydrogen (secondary N) is 1. The SMILES string of the molecule is COC(=O)[C@H](C)NC(=O)[C@]1(C)CCC[C@@]2(C)[C@@H]3CC[C@@]4(C)C[C@]3(CC[C@@H]21)CC4=O. The number of amides is 1. The minimum atomic E-state index is -0.629. The van der Waals surface area contributed by atoms with Crippen LogP contribution in [0.3, 0.4) is 0 Å². The van der Waals surface area contributed by atoms with Crippen molar-refractivity contribution in [1.29, 1.82) is 0 Å². The number of ketones is 1. The maximum atomic E-state index is 13.4. The lowest BCUT2D eigenvalue weighted by Crippen LogP contribution is -2.61. The highest BCUT2D eigenvalue weighted by atomic mass is 16.5. The molecule has 0 radical (unpaired) electrons. The summed E-state index contributed by atoms with van der Waals surface area (Å²) in [7, 11) is 1.35. The van der Waals surface area contributed by atoms with E-state index in [-0.39, 0.29) is 22.2 Å². The van der Waals surface area contributed by atoms with Gasteiger partial charge in [-0.05, 0) is 74.5 Å². The Bertz CT molecular complexity index is 749. The van der Waals surface area contributed by atoms with Gasteiger partial charge in [-0.1, -0.05) is 27.2 Å².